The summed E-state index contributed by atoms with van der Waals surface area (Å²) in [5, 5.41) is 3.64. The van der Waals surface area contributed by atoms with Crippen LogP contribution in [0, 0.1) is 0 Å². The molecule has 0 radical (unpaired) electrons. The molecule has 4 rings (SSSR count). The van der Waals surface area contributed by atoms with Gasteiger partial charge in [-0.1, -0.05) is 36.4 Å². The maximum Gasteiger partial charge on any atom is 0.0460 e. The van der Waals surface area contributed by atoms with E-state index in [0.29, 0.717) is 0 Å². The molecule has 2 aliphatic rings. The first-order chi connectivity index (χ1) is 10.3. The van der Waals surface area contributed by atoms with Gasteiger partial charge in [-0.15, -0.1) is 0 Å². The Morgan fingerprint density at radius 3 is 1.76 bits per heavy atom. The molecule has 0 spiro atoms. The number of para-hydroxylation sites is 2. The van der Waals surface area contributed by atoms with Gasteiger partial charge in [-0.3, -0.25) is 0 Å². The van der Waals surface area contributed by atoms with Crippen molar-refractivity contribution >= 4 is 22.5 Å². The number of nitrogens with zero attached hydrogens (tertiary/aromatic N) is 1. The fourth-order valence-electron chi connectivity index (χ4n) is 3.47. The molecule has 2 aromatic rings. The summed E-state index contributed by atoms with van der Waals surface area (Å²) >= 11 is 0. The highest BCUT2D eigenvalue weighted by Gasteiger charge is 2.23. The van der Waals surface area contributed by atoms with Crippen LogP contribution in [-0.2, 0) is 0 Å². The van der Waals surface area contributed by atoms with E-state index in [1.54, 1.807) is 0 Å². The van der Waals surface area contributed by atoms with Crippen LogP contribution in [0.5, 0.6) is 0 Å². The van der Waals surface area contributed by atoms with Crippen LogP contribution >= 0.6 is 0 Å². The standard InChI is InChI=1S/C19H20N2/c1-21-12-10-14-15(11-13-21)17-7-3-5-9-19(17)20-18-8-4-2-6-16(14)18/h2-9,20H,10-13H2,1H3. The Morgan fingerprint density at radius 1 is 0.762 bits per heavy atom. The van der Waals surface area contributed by atoms with Crippen molar-refractivity contribution in [3.8, 4) is 0 Å². The smallest absolute Gasteiger partial charge is 0.0460 e. The highest BCUT2D eigenvalue weighted by molar-refractivity contribution is 6.00. The van der Waals surface area contributed by atoms with Gasteiger partial charge in [0.25, 0.3) is 0 Å². The predicted molar refractivity (Wildman–Crippen MR) is 89.7 cm³/mol. The molecule has 0 aliphatic carbocycles. The maximum atomic E-state index is 3.64. The molecule has 0 aromatic heterocycles. The van der Waals surface area contributed by atoms with E-state index in [9.17, 15) is 0 Å². The largest absolute Gasteiger partial charge is 0.355 e. The number of hydrogen-bond acceptors (Lipinski definition) is 2. The van der Waals surface area contributed by atoms with Crippen LogP contribution in [0.3, 0.4) is 0 Å². The lowest BCUT2D eigenvalue weighted by molar-refractivity contribution is 0.356. The minimum Gasteiger partial charge on any atom is -0.355 e. The van der Waals surface area contributed by atoms with Crippen molar-refractivity contribution in [1.29, 1.82) is 0 Å². The van der Waals surface area contributed by atoms with E-state index in [2.05, 4.69) is 65.8 Å². The topological polar surface area (TPSA) is 15.3 Å². The van der Waals surface area contributed by atoms with E-state index in [0.717, 1.165) is 25.9 Å². The molecule has 106 valence electrons. The Morgan fingerprint density at radius 2 is 1.24 bits per heavy atom. The molecule has 0 unspecified atom stereocenters. The molecular formula is C19H20N2. The third-order valence-corrected chi connectivity index (χ3v) is 4.63. The molecule has 21 heavy (non-hydrogen) atoms. The minimum absolute atomic E-state index is 1.12. The van der Waals surface area contributed by atoms with Crippen molar-refractivity contribution in [2.45, 2.75) is 12.8 Å². The van der Waals surface area contributed by atoms with E-state index in [1.165, 1.54) is 33.6 Å². The van der Waals surface area contributed by atoms with E-state index >= 15 is 0 Å². The van der Waals surface area contributed by atoms with Gasteiger partial charge in [-0.05, 0) is 43.2 Å². The fourth-order valence-corrected chi connectivity index (χ4v) is 3.47. The first kappa shape index (κ1) is 12.7. The van der Waals surface area contributed by atoms with Gasteiger partial charge in [0.15, 0.2) is 0 Å². The zero-order valence-corrected chi connectivity index (χ0v) is 12.4. The first-order valence-corrected chi connectivity index (χ1v) is 7.69. The van der Waals surface area contributed by atoms with Gasteiger partial charge in [0.1, 0.15) is 0 Å². The van der Waals surface area contributed by atoms with E-state index < -0.39 is 0 Å². The summed E-state index contributed by atoms with van der Waals surface area (Å²) in [6, 6.07) is 17.4. The summed E-state index contributed by atoms with van der Waals surface area (Å²) < 4.78 is 0. The molecule has 2 aromatic carbocycles. The van der Waals surface area contributed by atoms with Gasteiger partial charge in [0.2, 0.25) is 0 Å². The number of anilines is 2. The van der Waals surface area contributed by atoms with Crippen LogP contribution in [0.1, 0.15) is 24.0 Å². The molecule has 2 nitrogen and oxygen atoms in total. The lowest BCUT2D eigenvalue weighted by Gasteiger charge is -2.15. The van der Waals surface area contributed by atoms with E-state index in [-0.39, 0.29) is 0 Å². The Bertz CT molecular complexity index is 656. The Hall–Kier alpha value is -2.06. The fraction of sp³-hybridized carbons (Fsp3) is 0.263. The molecule has 0 atom stereocenters. The van der Waals surface area contributed by atoms with Crippen molar-refractivity contribution in [2.24, 2.45) is 0 Å². The van der Waals surface area contributed by atoms with Gasteiger partial charge in [0, 0.05) is 35.6 Å². The SMILES string of the molecule is CN1CCC2=C(CC1)c1ccccc1Nc1ccccc12. The molecule has 0 saturated carbocycles. The van der Waals surface area contributed by atoms with Crippen LogP contribution in [-0.4, -0.2) is 25.0 Å². The van der Waals surface area contributed by atoms with Gasteiger partial charge in [-0.2, -0.15) is 0 Å². The second kappa shape index (κ2) is 5.05. The summed E-state index contributed by atoms with van der Waals surface area (Å²) in [5.41, 5.74) is 8.26. The van der Waals surface area contributed by atoms with Crippen LogP contribution in [0.15, 0.2) is 48.5 Å². The highest BCUT2D eigenvalue weighted by atomic mass is 15.1. The number of rotatable bonds is 0. The van der Waals surface area contributed by atoms with E-state index in [1.807, 2.05) is 0 Å². The zero-order chi connectivity index (χ0) is 14.2. The Labute approximate surface area is 126 Å². The van der Waals surface area contributed by atoms with Crippen molar-refractivity contribution in [1.82, 2.24) is 4.90 Å². The van der Waals surface area contributed by atoms with Crippen molar-refractivity contribution in [3.63, 3.8) is 0 Å². The molecule has 0 amide bonds. The maximum absolute atomic E-state index is 3.64. The number of nitrogens with one attached hydrogen (secondary N) is 1. The summed E-state index contributed by atoms with van der Waals surface area (Å²) in [4.78, 5) is 2.44. The quantitative estimate of drug-likeness (QED) is 0.768. The molecule has 2 aliphatic heterocycles. The average molecular weight is 276 g/mol. The third-order valence-electron chi connectivity index (χ3n) is 4.63. The summed E-state index contributed by atoms with van der Waals surface area (Å²) in [7, 11) is 2.22. The average Bonchev–Trinajstić information content (AvgIpc) is 2.78. The van der Waals surface area contributed by atoms with E-state index in [4.69, 9.17) is 0 Å². The lowest BCUT2D eigenvalue weighted by Crippen LogP contribution is -2.19. The lowest BCUT2D eigenvalue weighted by atomic mass is 9.91. The predicted octanol–water partition coefficient (Wildman–Crippen LogP) is 4.38. The van der Waals surface area contributed by atoms with Gasteiger partial charge in [0.05, 0.1) is 0 Å². The Balaban J connectivity index is 1.97. The third kappa shape index (κ3) is 2.16. The van der Waals surface area contributed by atoms with Crippen LogP contribution in [0.4, 0.5) is 11.4 Å². The molecule has 0 bridgehead atoms. The normalized spacial score (nSPS) is 18.0. The van der Waals surface area contributed by atoms with Crippen molar-refractivity contribution in [2.75, 3.05) is 25.5 Å². The summed E-state index contributed by atoms with van der Waals surface area (Å²) in [5.74, 6) is 0. The molecule has 0 saturated heterocycles. The zero-order valence-electron chi connectivity index (χ0n) is 12.4. The molecular weight excluding hydrogens is 256 g/mol. The molecule has 0 fully saturated rings. The minimum atomic E-state index is 1.12. The van der Waals surface area contributed by atoms with Crippen molar-refractivity contribution in [3.05, 3.63) is 59.7 Å². The molecule has 2 heteroatoms. The highest BCUT2D eigenvalue weighted by Crippen LogP contribution is 2.43. The first-order valence-electron chi connectivity index (χ1n) is 7.69. The monoisotopic (exact) mass is 276 g/mol. The van der Waals surface area contributed by atoms with Crippen LogP contribution in [0.25, 0.3) is 11.1 Å². The molecule has 1 N–H and O–H groups in total. The number of fused-ring (bicyclic) bond motifs is 4. The van der Waals surface area contributed by atoms with Gasteiger partial charge in [-0.25, -0.2) is 0 Å². The second-order valence-electron chi connectivity index (χ2n) is 5.98. The Kier molecular flexibility index (Phi) is 3.04. The molecule has 2 heterocycles. The second-order valence-corrected chi connectivity index (χ2v) is 5.98. The van der Waals surface area contributed by atoms with Crippen LogP contribution in [0.2, 0.25) is 0 Å². The summed E-state index contributed by atoms with van der Waals surface area (Å²) in [6.45, 7) is 2.27. The number of benzene rings is 2. The van der Waals surface area contributed by atoms with Gasteiger partial charge >= 0.3 is 0 Å². The van der Waals surface area contributed by atoms with Crippen molar-refractivity contribution < 1.29 is 0 Å². The number of hydrogen-bond donors (Lipinski definition) is 1. The summed E-state index contributed by atoms with van der Waals surface area (Å²) in [6.07, 6.45) is 2.25. The van der Waals surface area contributed by atoms with Crippen LogP contribution < -0.4 is 5.32 Å². The van der Waals surface area contributed by atoms with Gasteiger partial charge < -0.3 is 10.2 Å².